The quantitative estimate of drug-likeness (QED) is 0.868. The van der Waals surface area contributed by atoms with Crippen LogP contribution >= 0.6 is 11.8 Å². The Hall–Kier alpha value is -1.49. The van der Waals surface area contributed by atoms with Gasteiger partial charge in [0.25, 0.3) is 0 Å². The molecule has 0 aliphatic carbocycles. The lowest BCUT2D eigenvalue weighted by Crippen LogP contribution is -2.66. The number of benzene rings is 1. The summed E-state index contributed by atoms with van der Waals surface area (Å²) in [5.41, 5.74) is 1.06. The van der Waals surface area contributed by atoms with Gasteiger partial charge in [-0.25, -0.2) is 4.79 Å². The second kappa shape index (κ2) is 5.87. The predicted molar refractivity (Wildman–Crippen MR) is 81.6 cm³/mol. The summed E-state index contributed by atoms with van der Waals surface area (Å²) in [6.07, 6.45) is 2.68. The van der Waals surface area contributed by atoms with Crippen LogP contribution < -0.4 is 5.32 Å². The molecule has 4 nitrogen and oxygen atoms in total. The first-order valence-corrected chi connectivity index (χ1v) is 7.97. The number of hydrogen-bond donors (Lipinski definition) is 1. The molecule has 2 atom stereocenters. The Morgan fingerprint density at radius 2 is 2.10 bits per heavy atom. The Morgan fingerprint density at radius 1 is 1.45 bits per heavy atom. The van der Waals surface area contributed by atoms with Crippen LogP contribution in [0.4, 0.5) is 4.79 Å². The van der Waals surface area contributed by atoms with E-state index in [0.29, 0.717) is 6.54 Å². The lowest BCUT2D eigenvalue weighted by atomic mass is 10.0. The van der Waals surface area contributed by atoms with Crippen molar-refractivity contribution in [2.75, 3.05) is 12.8 Å². The third-order valence-corrected chi connectivity index (χ3v) is 4.97. The summed E-state index contributed by atoms with van der Waals surface area (Å²) < 4.78 is -0.439. The maximum absolute atomic E-state index is 12.2. The van der Waals surface area contributed by atoms with Crippen LogP contribution in [0.1, 0.15) is 31.9 Å². The minimum Gasteiger partial charge on any atom is -0.331 e. The molecule has 0 radical (unpaired) electrons. The highest BCUT2D eigenvalue weighted by Crippen LogP contribution is 2.34. The number of carbonyl (C=O) groups is 2. The molecule has 5 heteroatoms. The van der Waals surface area contributed by atoms with Crippen molar-refractivity contribution in [2.45, 2.75) is 31.1 Å². The zero-order valence-corrected chi connectivity index (χ0v) is 12.9. The van der Waals surface area contributed by atoms with Crippen LogP contribution in [-0.4, -0.2) is 34.4 Å². The molecule has 1 aliphatic rings. The Bertz CT molecular complexity index is 506. The van der Waals surface area contributed by atoms with Crippen molar-refractivity contribution in [3.8, 4) is 0 Å². The number of β-lactam (4-membered cyclic amide) rings is 1. The molecule has 108 valence electrons. The van der Waals surface area contributed by atoms with Crippen molar-refractivity contribution < 1.29 is 9.59 Å². The number of hydrogen-bond acceptors (Lipinski definition) is 3. The molecule has 1 heterocycles. The van der Waals surface area contributed by atoms with E-state index in [1.807, 2.05) is 50.4 Å². The van der Waals surface area contributed by atoms with E-state index in [0.717, 1.165) is 12.0 Å². The number of imide groups is 1. The summed E-state index contributed by atoms with van der Waals surface area (Å²) in [6.45, 7) is 4.37. The Labute approximate surface area is 123 Å². The number of nitrogens with zero attached hydrogens (tertiary/aromatic N) is 1. The van der Waals surface area contributed by atoms with Gasteiger partial charge in [-0.1, -0.05) is 37.3 Å². The summed E-state index contributed by atoms with van der Waals surface area (Å²) >= 11 is 1.49. The average molecular weight is 292 g/mol. The monoisotopic (exact) mass is 292 g/mol. The first-order chi connectivity index (χ1) is 9.51. The van der Waals surface area contributed by atoms with Gasteiger partial charge in [-0.15, -0.1) is 11.8 Å². The third-order valence-electron chi connectivity index (χ3n) is 3.76. The summed E-state index contributed by atoms with van der Waals surface area (Å²) in [7, 11) is 0. The number of likely N-dealkylation sites (tertiary alicyclic amines) is 1. The van der Waals surface area contributed by atoms with Gasteiger partial charge >= 0.3 is 6.03 Å². The molecule has 1 saturated heterocycles. The molecule has 0 bridgehead atoms. The summed E-state index contributed by atoms with van der Waals surface area (Å²) in [4.78, 5) is 25.5. The molecule has 1 aliphatic heterocycles. The van der Waals surface area contributed by atoms with Crippen LogP contribution in [-0.2, 0) is 4.79 Å². The highest BCUT2D eigenvalue weighted by Gasteiger charge is 2.50. The van der Waals surface area contributed by atoms with E-state index in [1.54, 1.807) is 0 Å². The van der Waals surface area contributed by atoms with Crippen molar-refractivity contribution in [3.05, 3.63) is 35.9 Å². The molecule has 0 spiro atoms. The highest BCUT2D eigenvalue weighted by molar-refractivity contribution is 8.00. The van der Waals surface area contributed by atoms with Gasteiger partial charge in [-0.3, -0.25) is 9.69 Å². The van der Waals surface area contributed by atoms with Gasteiger partial charge in [0, 0.05) is 0 Å². The molecule has 0 unspecified atom stereocenters. The van der Waals surface area contributed by atoms with Gasteiger partial charge in [0.15, 0.2) is 0 Å². The standard InChI is InChI=1S/C15H20N2O2S/c1-4-12(11-8-6-5-7-9-11)16-14(19)17-10-15(2,20-3)13(17)18/h5-9,12H,4,10H2,1-3H3,(H,16,19)/t12-,15+/m1/s1. The smallest absolute Gasteiger partial charge is 0.324 e. The first kappa shape index (κ1) is 14.9. The number of rotatable bonds is 4. The molecule has 2 rings (SSSR count). The van der Waals surface area contributed by atoms with Crippen LogP contribution in [0.15, 0.2) is 30.3 Å². The largest absolute Gasteiger partial charge is 0.331 e. The lowest BCUT2D eigenvalue weighted by molar-refractivity contribution is -0.139. The van der Waals surface area contributed by atoms with Crippen LogP contribution in [0.5, 0.6) is 0 Å². The fourth-order valence-corrected chi connectivity index (χ4v) is 2.83. The van der Waals surface area contributed by atoms with Crippen molar-refractivity contribution >= 4 is 23.7 Å². The Kier molecular flexibility index (Phi) is 4.38. The van der Waals surface area contributed by atoms with Crippen LogP contribution in [0, 0.1) is 0 Å². The van der Waals surface area contributed by atoms with Gasteiger partial charge in [0.05, 0.1) is 12.6 Å². The molecule has 1 aromatic carbocycles. The molecule has 20 heavy (non-hydrogen) atoms. The number of amides is 3. The second-order valence-electron chi connectivity index (χ2n) is 5.15. The van der Waals surface area contributed by atoms with Gasteiger partial charge in [-0.2, -0.15) is 0 Å². The molecule has 1 N–H and O–H groups in total. The summed E-state index contributed by atoms with van der Waals surface area (Å²) in [5, 5.41) is 2.93. The van der Waals surface area contributed by atoms with Crippen molar-refractivity contribution in [1.29, 1.82) is 0 Å². The highest BCUT2D eigenvalue weighted by atomic mass is 32.2. The molecule has 0 saturated carbocycles. The lowest BCUT2D eigenvalue weighted by Gasteiger charge is -2.44. The van der Waals surface area contributed by atoms with Gasteiger partial charge in [0.2, 0.25) is 5.91 Å². The zero-order chi connectivity index (χ0) is 14.8. The van der Waals surface area contributed by atoms with Crippen LogP contribution in [0.25, 0.3) is 0 Å². The third kappa shape index (κ3) is 2.68. The van der Waals surface area contributed by atoms with Crippen molar-refractivity contribution in [3.63, 3.8) is 0 Å². The molecular formula is C15H20N2O2S. The van der Waals surface area contributed by atoms with E-state index in [1.165, 1.54) is 16.7 Å². The van der Waals surface area contributed by atoms with E-state index in [2.05, 4.69) is 5.32 Å². The Morgan fingerprint density at radius 3 is 2.60 bits per heavy atom. The number of urea groups is 1. The van der Waals surface area contributed by atoms with E-state index < -0.39 is 4.75 Å². The second-order valence-corrected chi connectivity index (χ2v) is 6.46. The minimum atomic E-state index is -0.439. The predicted octanol–water partition coefficient (Wildman–Crippen LogP) is 2.81. The molecular weight excluding hydrogens is 272 g/mol. The van der Waals surface area contributed by atoms with E-state index in [4.69, 9.17) is 0 Å². The normalized spacial score (nSPS) is 23.1. The SMILES string of the molecule is CC[C@@H](NC(=O)N1C[C@](C)(SC)C1=O)c1ccccc1. The molecule has 3 amide bonds. The maximum Gasteiger partial charge on any atom is 0.324 e. The van der Waals surface area contributed by atoms with Gasteiger partial charge in [0.1, 0.15) is 4.75 Å². The average Bonchev–Trinajstić information content (AvgIpc) is 2.50. The summed E-state index contributed by atoms with van der Waals surface area (Å²) in [5.74, 6) is -0.106. The number of carbonyl (C=O) groups excluding carboxylic acids is 2. The maximum atomic E-state index is 12.2. The molecule has 0 aromatic heterocycles. The Balaban J connectivity index is 2.00. The summed E-state index contributed by atoms with van der Waals surface area (Å²) in [6, 6.07) is 9.46. The first-order valence-electron chi connectivity index (χ1n) is 6.74. The van der Waals surface area contributed by atoms with Crippen LogP contribution in [0.3, 0.4) is 0 Å². The minimum absolute atomic E-state index is 0.0577. The zero-order valence-electron chi connectivity index (χ0n) is 12.1. The van der Waals surface area contributed by atoms with Crippen molar-refractivity contribution in [2.24, 2.45) is 0 Å². The van der Waals surface area contributed by atoms with E-state index >= 15 is 0 Å². The topological polar surface area (TPSA) is 49.4 Å². The van der Waals surface area contributed by atoms with Crippen LogP contribution in [0.2, 0.25) is 0 Å². The van der Waals surface area contributed by atoms with Gasteiger partial charge < -0.3 is 5.32 Å². The van der Waals surface area contributed by atoms with Crippen molar-refractivity contribution in [1.82, 2.24) is 10.2 Å². The number of thioether (sulfide) groups is 1. The molecule has 1 fully saturated rings. The fourth-order valence-electron chi connectivity index (χ4n) is 2.28. The molecule has 1 aromatic rings. The van der Waals surface area contributed by atoms with Gasteiger partial charge in [-0.05, 0) is 25.2 Å². The van der Waals surface area contributed by atoms with E-state index in [9.17, 15) is 9.59 Å². The van der Waals surface area contributed by atoms with E-state index in [-0.39, 0.29) is 18.0 Å². The fraction of sp³-hybridized carbons (Fsp3) is 0.467. The number of nitrogens with one attached hydrogen (secondary N) is 1.